The van der Waals surface area contributed by atoms with E-state index in [-0.39, 0.29) is 41.9 Å². The van der Waals surface area contributed by atoms with Gasteiger partial charge >= 0.3 is 0 Å². The van der Waals surface area contributed by atoms with E-state index in [0.717, 1.165) is 5.56 Å². The average molecular weight is 1610 g/mol. The number of nitrogens with one attached hydrogen (secondary N) is 3. The Hall–Kier alpha value is -3.72. The summed E-state index contributed by atoms with van der Waals surface area (Å²) in [7, 11) is 0. The lowest BCUT2D eigenvalue weighted by Gasteiger charge is -2.50. The quantitative estimate of drug-likeness (QED) is 0.0779. The number of aromatic nitrogens is 2. The zero-order valence-electron chi connectivity index (χ0n) is 57.1. The molecule has 22 bridgehead atoms. The highest BCUT2D eigenvalue weighted by Crippen LogP contribution is 2.41. The van der Waals surface area contributed by atoms with E-state index >= 15 is 0 Å². The predicted octanol–water partition coefficient (Wildman–Crippen LogP) is -7.58. The number of phenols is 1. The lowest BCUT2D eigenvalue weighted by Crippen LogP contribution is -2.68. The van der Waals surface area contributed by atoms with Crippen LogP contribution in [0.1, 0.15) is 27.0 Å². The second-order valence-corrected chi connectivity index (χ2v) is 31.3. The zero-order chi connectivity index (χ0) is 76.5. The minimum absolute atomic E-state index is 0.110. The zero-order valence-corrected chi connectivity index (χ0v) is 60.3. The molecule has 21 fully saturated rings. The number of phenolic OH excluding ortho intramolecular Hbond substituents is 1. The van der Waals surface area contributed by atoms with E-state index in [2.05, 4.69) is 16.0 Å². The lowest BCUT2D eigenvalue weighted by molar-refractivity contribution is -0.395. The first kappa shape index (κ1) is 82.3. The van der Waals surface area contributed by atoms with E-state index in [4.69, 9.17) is 76.3 Å². The Labute approximate surface area is 631 Å². The summed E-state index contributed by atoms with van der Waals surface area (Å²) < 4.78 is 84.7. The molecule has 4 aromatic rings. The second-order valence-electron chi connectivity index (χ2n) is 27.3. The Morgan fingerprint density at radius 3 is 0.954 bits per heavy atom. The first-order valence-electron chi connectivity index (χ1n) is 34.8. The van der Waals surface area contributed by atoms with E-state index in [1.54, 1.807) is 24.3 Å². The summed E-state index contributed by atoms with van der Waals surface area (Å²) in [6, 6.07) is 12.4. The molecule has 43 heteroatoms. The Morgan fingerprint density at radius 1 is 0.361 bits per heavy atom. The normalized spacial score (nSPS) is 43.9. The molecule has 14 unspecified atom stereocenters. The molecule has 28 rings (SSSR count). The summed E-state index contributed by atoms with van der Waals surface area (Å²) in [4.78, 5) is 9.69. The minimum Gasteiger partial charge on any atom is -0.508 e. The van der Waals surface area contributed by atoms with Crippen LogP contribution in [0.3, 0.4) is 0 Å². The first-order valence-corrected chi connectivity index (χ1v) is 38.9. The fraction of sp³-hybridized carbons (Fsp3) is 0.723. The van der Waals surface area contributed by atoms with Crippen LogP contribution < -0.4 is 16.0 Å². The summed E-state index contributed by atoms with van der Waals surface area (Å²) in [5.74, 6) is 0.0740. The van der Waals surface area contributed by atoms with Gasteiger partial charge in [-0.05, 0) is 35.9 Å². The Balaban J connectivity index is 0.857. The lowest BCUT2D eigenvalue weighted by atomic mass is 9.95. The third kappa shape index (κ3) is 18.0. The molecule has 24 aliphatic heterocycles. The average Bonchev–Trinajstić information content (AvgIpc) is 0.795. The Morgan fingerprint density at radius 2 is 0.648 bits per heavy atom. The molecule has 604 valence electrons. The number of hydrogen-bond acceptors (Lipinski definition) is 43. The van der Waals surface area contributed by atoms with Crippen LogP contribution in [0.15, 0.2) is 53.2 Å². The number of hydrogen-bond donors (Lipinski definition) is 23. The van der Waals surface area contributed by atoms with Crippen LogP contribution in [0.2, 0.25) is 0 Å². The van der Waals surface area contributed by atoms with Crippen LogP contribution >= 0.6 is 46.2 Å². The third-order valence-electron chi connectivity index (χ3n) is 19.9. The number of anilines is 3. The van der Waals surface area contributed by atoms with Crippen molar-refractivity contribution in [1.82, 2.24) is 9.97 Å². The van der Waals surface area contributed by atoms with Gasteiger partial charge < -0.3 is 184 Å². The standard InChI is InChI=1S/C65H91N5O34S4/c71-11-29-52-38(77)45(84)59(91-29)99-53-30(12-72)94-62(48(87)41(53)80)103-57-34-20-105-16-26-18-107-36(69-26)9-67-24-5-23(66-8-22-1-3-28(76)4-2-22)6-25(7-24)68-10-37-70-27(19-108-37)17-106-21-35-58(43(82)50(89)64(96-35)101-55-32(14-74)92-60(98-52)46(85)39(55)78)104-63-49(88)42(81)54(31(13-73)95-63)100-61-47(86)40(79)56(33(15-75)93-61)102-65(97-34)51(90)44(57)83/h1-7,18-19,29-35,38-68,71-90H,8-17,20-21H2/t29-,30-,31-,32-,33-,34-,35-,38?,39?,40?,41?,42?,43?,44?,45?,46?,47?,48?,49?,50?,51?,52-,53-,54-,55-,56-,57-,58-,59-,60-,61-,62-,63-,64-,65-/m1/s1. The highest BCUT2D eigenvalue weighted by Gasteiger charge is 2.60. The maximum absolute atomic E-state index is 12.1. The van der Waals surface area contributed by atoms with Crippen molar-refractivity contribution in [1.29, 1.82) is 0 Å². The van der Waals surface area contributed by atoms with E-state index in [1.165, 1.54) is 46.2 Å². The van der Waals surface area contributed by atoms with Gasteiger partial charge in [0.15, 0.2) is 44.0 Å². The predicted molar refractivity (Wildman–Crippen MR) is 367 cm³/mol. The number of rotatable bonds is 8. The molecule has 0 spiro atoms. The third-order valence-corrected chi connectivity index (χ3v) is 23.9. The SMILES string of the molecule is OC[C@H]1O[C@@H]2O[C@H]3C(O)C(O)[C@H](O[C@@H]3CO)O[C@H]3C(O)C(O)[C@@H]4O[C@@H]3CSCc3csc(n3)CNc3cc(NCc5ccc(O)cc5)cc(c3)NCc3nc(cs3)CSC[C@H]3O[C@H](O[C@H]5C(O)C(O)[C@H](O[C@@H]5CO)O[C@H]1C(O)C2O)C(O)C(O)[C@@H]3O[C@H]1O[C@H](CO)[C@@H](O[C@H]2O[C@H](CO)[C@@H](O4)C(O)C2O)C(O)C1O. The van der Waals surface area contributed by atoms with Gasteiger partial charge in [-0.15, -0.1) is 22.7 Å². The Bertz CT molecular complexity index is 3460. The van der Waals surface area contributed by atoms with Gasteiger partial charge in [0.2, 0.25) is 0 Å². The maximum Gasteiger partial charge on any atom is 0.187 e. The number of thioether (sulfide) groups is 2. The van der Waals surface area contributed by atoms with Crippen LogP contribution in [-0.2, 0) is 97.5 Å². The molecule has 0 amide bonds. The summed E-state index contributed by atoms with van der Waals surface area (Å²) in [5, 5.41) is 245. The molecule has 0 aliphatic carbocycles. The molecule has 0 saturated carbocycles. The fourth-order valence-corrected chi connectivity index (χ4v) is 17.7. The molecule has 24 aliphatic rings. The molecule has 2 aromatic heterocycles. The molecular weight excluding hydrogens is 1520 g/mol. The highest BCUT2D eigenvalue weighted by molar-refractivity contribution is 7.98. The fourth-order valence-electron chi connectivity index (χ4n) is 14.0. The van der Waals surface area contributed by atoms with E-state index < -0.39 is 248 Å². The van der Waals surface area contributed by atoms with Crippen molar-refractivity contribution in [3.05, 3.63) is 80.2 Å². The minimum atomic E-state index is -2.21. The molecule has 2 aromatic carbocycles. The van der Waals surface area contributed by atoms with Crippen molar-refractivity contribution < 1.29 is 168 Å². The van der Waals surface area contributed by atoms with Crippen LogP contribution in [0.4, 0.5) is 17.1 Å². The van der Waals surface area contributed by atoms with Crippen LogP contribution in [0.25, 0.3) is 0 Å². The monoisotopic (exact) mass is 1610 g/mol. The van der Waals surface area contributed by atoms with Gasteiger partial charge in [-0.25, -0.2) is 9.97 Å². The van der Waals surface area contributed by atoms with E-state index in [1.807, 2.05) is 29.0 Å². The van der Waals surface area contributed by atoms with Crippen LogP contribution in [0.5, 0.6) is 5.75 Å². The number of nitrogens with zero attached hydrogens (tertiary/aromatic N) is 2. The smallest absolute Gasteiger partial charge is 0.187 e. The number of benzene rings is 2. The van der Waals surface area contributed by atoms with Crippen LogP contribution in [-0.4, -0.2) is 372 Å². The number of ether oxygens (including phenoxy) is 14. The summed E-state index contributed by atoms with van der Waals surface area (Å²) in [6.07, 6.45) is -69.2. The topological polar surface area (TPSA) is 596 Å². The van der Waals surface area contributed by atoms with Crippen molar-refractivity contribution >= 4 is 63.3 Å². The van der Waals surface area contributed by atoms with Gasteiger partial charge in [0, 0.05) is 57.4 Å². The van der Waals surface area contributed by atoms with Crippen molar-refractivity contribution in [2.75, 3.05) is 60.5 Å². The summed E-state index contributed by atoms with van der Waals surface area (Å²) in [6.45, 7) is -4.30. The second kappa shape index (κ2) is 36.4. The molecule has 35 atom stereocenters. The molecular formula is C65H91N5O34S4. The summed E-state index contributed by atoms with van der Waals surface area (Å²) in [5.41, 5.74) is 4.11. The number of aliphatic hydroxyl groups excluding tert-OH is 19. The molecule has 21 saturated heterocycles. The van der Waals surface area contributed by atoms with Gasteiger partial charge in [0.05, 0.1) is 69.7 Å². The summed E-state index contributed by atoms with van der Waals surface area (Å²) >= 11 is 5.02. The molecule has 0 radical (unpaired) electrons. The molecule has 23 N–H and O–H groups in total. The number of aromatic hydroxyl groups is 1. The van der Waals surface area contributed by atoms with Gasteiger partial charge in [-0.2, -0.15) is 23.5 Å². The highest BCUT2D eigenvalue weighted by atomic mass is 32.2. The van der Waals surface area contributed by atoms with Crippen molar-refractivity contribution in [3.8, 4) is 5.75 Å². The largest absolute Gasteiger partial charge is 0.508 e. The van der Waals surface area contributed by atoms with E-state index in [9.17, 15) is 102 Å². The van der Waals surface area contributed by atoms with Gasteiger partial charge in [-0.3, -0.25) is 0 Å². The molecule has 108 heavy (non-hydrogen) atoms. The van der Waals surface area contributed by atoms with Crippen LogP contribution in [0, 0.1) is 0 Å². The Kier molecular flexibility index (Phi) is 27.7. The van der Waals surface area contributed by atoms with Crippen molar-refractivity contribution in [3.63, 3.8) is 0 Å². The number of thiazole rings is 2. The molecule has 26 heterocycles. The first-order chi connectivity index (χ1) is 51.9. The van der Waals surface area contributed by atoms with Crippen molar-refractivity contribution in [2.24, 2.45) is 0 Å². The molecule has 39 nitrogen and oxygen atoms in total. The van der Waals surface area contributed by atoms with Crippen molar-refractivity contribution in [2.45, 2.75) is 246 Å². The maximum atomic E-state index is 12.1. The van der Waals surface area contributed by atoms with E-state index in [0.29, 0.717) is 45.0 Å². The van der Waals surface area contributed by atoms with Gasteiger partial charge in [0.1, 0.15) is 174 Å². The van der Waals surface area contributed by atoms with Gasteiger partial charge in [-0.1, -0.05) is 12.1 Å². The van der Waals surface area contributed by atoms with Gasteiger partial charge in [0.25, 0.3) is 0 Å². The number of aliphatic hydroxyl groups is 19.